The highest BCUT2D eigenvalue weighted by Crippen LogP contribution is 2.27. The molecule has 4 heteroatoms. The Balaban J connectivity index is 1.51. The lowest BCUT2D eigenvalue weighted by Crippen LogP contribution is -1.97. The molecule has 8 aromatic rings. The van der Waals surface area contributed by atoms with Crippen LogP contribution in [0, 0.1) is 0 Å². The molecule has 8 bridgehead atoms. The zero-order chi connectivity index (χ0) is 26.2. The molecule has 188 valence electrons. The summed E-state index contributed by atoms with van der Waals surface area (Å²) in [6.07, 6.45) is 9.33. The second-order valence-electron chi connectivity index (χ2n) is 10.3. The Hall–Kier alpha value is -4.64. The molecule has 0 saturated carbocycles. The first-order valence-electron chi connectivity index (χ1n) is 13.4. The van der Waals surface area contributed by atoms with E-state index in [1.54, 1.807) is 0 Å². The molecule has 40 heavy (non-hydrogen) atoms. The van der Waals surface area contributed by atoms with Crippen LogP contribution in [0.1, 0.15) is 22.8 Å². The molecular formula is C36H22N2S2. The molecule has 0 fully saturated rings. The second kappa shape index (κ2) is 8.43. The maximum atomic E-state index is 3.80. The summed E-state index contributed by atoms with van der Waals surface area (Å²) in [6, 6.07) is 35.0. The Labute approximate surface area is 237 Å². The van der Waals surface area contributed by atoms with E-state index in [0.717, 1.165) is 22.8 Å². The molecule has 5 heterocycles. The molecule has 2 nitrogen and oxygen atoms in total. The number of hydrogen-bond donors (Lipinski definition) is 2. The highest BCUT2D eigenvalue weighted by molar-refractivity contribution is 7.09. The molecule has 1 aliphatic heterocycles. The number of fused-ring (bicyclic) bond motifs is 20. The molecule has 9 rings (SSSR count). The van der Waals surface area contributed by atoms with Gasteiger partial charge in [0.25, 0.3) is 0 Å². The Morgan fingerprint density at radius 1 is 0.300 bits per heavy atom. The van der Waals surface area contributed by atoms with Crippen molar-refractivity contribution in [1.29, 1.82) is 0 Å². The standard InChI is InChI=1S/C36H22N2S2/c1-2-10-22-21(9-1)29-17-33-25-13-5-6-14-26(25)35(39-33)19-31-23-11-3-4-12-24(23)32(38-31)20-36-28-16-8-7-15-27(28)34(40-36)18-30(22)37-29/h1-20,37-38H. The topological polar surface area (TPSA) is 31.6 Å². The first kappa shape index (κ1) is 22.2. The van der Waals surface area contributed by atoms with E-state index in [1.807, 2.05) is 22.7 Å². The lowest BCUT2D eigenvalue weighted by atomic mass is 10.1. The minimum Gasteiger partial charge on any atom is -0.354 e. The summed E-state index contributed by atoms with van der Waals surface area (Å²) in [5.74, 6) is 0. The van der Waals surface area contributed by atoms with Crippen molar-refractivity contribution in [3.63, 3.8) is 0 Å². The van der Waals surface area contributed by atoms with Crippen LogP contribution in [0.25, 0.3) is 67.4 Å². The van der Waals surface area contributed by atoms with Gasteiger partial charge in [-0.05, 0) is 24.3 Å². The molecule has 0 atom stereocenters. The van der Waals surface area contributed by atoms with Crippen LogP contribution in [-0.4, -0.2) is 9.97 Å². The molecular weight excluding hydrogens is 525 g/mol. The molecule has 0 saturated heterocycles. The van der Waals surface area contributed by atoms with Gasteiger partial charge in [-0.1, -0.05) is 97.1 Å². The Kier molecular flexibility index (Phi) is 4.68. The van der Waals surface area contributed by atoms with Gasteiger partial charge in [0.2, 0.25) is 0 Å². The third-order valence-corrected chi connectivity index (χ3v) is 10.2. The maximum absolute atomic E-state index is 3.80. The zero-order valence-corrected chi connectivity index (χ0v) is 23.0. The number of nitrogens with one attached hydrogen (secondary N) is 2. The van der Waals surface area contributed by atoms with Crippen molar-refractivity contribution < 1.29 is 0 Å². The lowest BCUT2D eigenvalue weighted by molar-refractivity contribution is 1.35. The molecule has 0 spiro atoms. The fourth-order valence-corrected chi connectivity index (χ4v) is 8.49. The molecule has 2 N–H and O–H groups in total. The third-order valence-electron chi connectivity index (χ3n) is 8.01. The van der Waals surface area contributed by atoms with E-state index >= 15 is 0 Å². The van der Waals surface area contributed by atoms with E-state index in [1.165, 1.54) is 61.2 Å². The van der Waals surface area contributed by atoms with Crippen LogP contribution in [0.2, 0.25) is 0 Å². The minimum absolute atomic E-state index is 1.15. The monoisotopic (exact) mass is 546 g/mol. The van der Waals surface area contributed by atoms with Crippen molar-refractivity contribution in [3.8, 4) is 0 Å². The fraction of sp³-hybridized carbons (Fsp3) is 0. The van der Waals surface area contributed by atoms with Gasteiger partial charge in [0.15, 0.2) is 0 Å². The van der Waals surface area contributed by atoms with E-state index in [-0.39, 0.29) is 0 Å². The zero-order valence-electron chi connectivity index (χ0n) is 21.4. The fourth-order valence-electron chi connectivity index (χ4n) is 6.16. The average Bonchev–Trinajstić information content (AvgIpc) is 3.73. The summed E-state index contributed by atoms with van der Waals surface area (Å²) in [5.41, 5.74) is 4.58. The predicted molar refractivity (Wildman–Crippen MR) is 173 cm³/mol. The van der Waals surface area contributed by atoms with Crippen LogP contribution < -0.4 is 18.1 Å². The second-order valence-corrected chi connectivity index (χ2v) is 12.5. The highest BCUT2D eigenvalue weighted by atomic mass is 32.1. The van der Waals surface area contributed by atoms with Crippen molar-refractivity contribution >= 4 is 90.1 Å². The van der Waals surface area contributed by atoms with E-state index in [2.05, 4.69) is 131 Å². The highest BCUT2D eigenvalue weighted by Gasteiger charge is 2.12. The molecule has 0 amide bonds. The Morgan fingerprint density at radius 2 is 0.525 bits per heavy atom. The summed E-state index contributed by atoms with van der Waals surface area (Å²) in [6.45, 7) is 0. The number of benzene rings is 4. The van der Waals surface area contributed by atoms with E-state index in [9.17, 15) is 0 Å². The van der Waals surface area contributed by atoms with Crippen LogP contribution in [0.4, 0.5) is 0 Å². The largest absolute Gasteiger partial charge is 0.354 e. The van der Waals surface area contributed by atoms with Gasteiger partial charge in [-0.25, -0.2) is 0 Å². The summed E-state index contributed by atoms with van der Waals surface area (Å²) in [5, 5.41) is 10.1. The van der Waals surface area contributed by atoms with Crippen LogP contribution >= 0.6 is 22.7 Å². The molecule has 0 radical (unpaired) electrons. The van der Waals surface area contributed by atoms with Crippen LogP contribution in [0.5, 0.6) is 0 Å². The van der Waals surface area contributed by atoms with Gasteiger partial charge in [-0.3, -0.25) is 0 Å². The van der Waals surface area contributed by atoms with Gasteiger partial charge in [-0.15, -0.1) is 22.7 Å². The van der Waals surface area contributed by atoms with E-state index in [0.29, 0.717) is 0 Å². The van der Waals surface area contributed by atoms with Gasteiger partial charge < -0.3 is 9.97 Å². The Morgan fingerprint density at radius 3 is 0.775 bits per heavy atom. The molecule has 4 aromatic heterocycles. The quantitative estimate of drug-likeness (QED) is 0.212. The van der Waals surface area contributed by atoms with Crippen molar-refractivity contribution in [2.45, 2.75) is 0 Å². The maximum Gasteiger partial charge on any atom is 0.0479 e. The van der Waals surface area contributed by atoms with Gasteiger partial charge in [0, 0.05) is 84.0 Å². The first-order valence-corrected chi connectivity index (χ1v) is 15.1. The number of H-pyrrole nitrogens is 2. The van der Waals surface area contributed by atoms with Crippen LogP contribution in [0.15, 0.2) is 97.1 Å². The van der Waals surface area contributed by atoms with Crippen molar-refractivity contribution in [3.05, 3.63) is 138 Å². The summed E-state index contributed by atoms with van der Waals surface area (Å²) in [7, 11) is 0. The number of aromatic amines is 2. The summed E-state index contributed by atoms with van der Waals surface area (Å²) < 4.78 is 5.05. The Bertz CT molecular complexity index is 2200. The minimum atomic E-state index is 1.15. The average molecular weight is 547 g/mol. The number of hydrogen-bond acceptors (Lipinski definition) is 2. The third kappa shape index (κ3) is 3.27. The van der Waals surface area contributed by atoms with E-state index < -0.39 is 0 Å². The normalized spacial score (nSPS) is 12.8. The smallest absolute Gasteiger partial charge is 0.0479 e. The van der Waals surface area contributed by atoms with Gasteiger partial charge in [-0.2, -0.15) is 0 Å². The number of thiophene rings is 2. The molecule has 4 aromatic carbocycles. The van der Waals surface area contributed by atoms with Crippen molar-refractivity contribution in [2.24, 2.45) is 0 Å². The molecule has 0 unspecified atom stereocenters. The molecule has 1 aliphatic rings. The summed E-state index contributed by atoms with van der Waals surface area (Å²) in [4.78, 5) is 7.60. The number of rotatable bonds is 0. The van der Waals surface area contributed by atoms with Crippen LogP contribution in [0.3, 0.4) is 0 Å². The first-order chi connectivity index (χ1) is 19.8. The van der Waals surface area contributed by atoms with Crippen molar-refractivity contribution in [1.82, 2.24) is 9.97 Å². The number of aromatic nitrogens is 2. The molecule has 0 aliphatic carbocycles. The van der Waals surface area contributed by atoms with Gasteiger partial charge in [0.05, 0.1) is 0 Å². The van der Waals surface area contributed by atoms with E-state index in [4.69, 9.17) is 0 Å². The lowest BCUT2D eigenvalue weighted by Gasteiger charge is -1.92. The predicted octanol–water partition coefficient (Wildman–Crippen LogP) is 6.71. The SMILES string of the molecule is C1=c2sc(c3ccccc23)=Cc2[nH]c(c3ccccc23)C=c2sc(c3ccccc23)=Cc2[nH]c1c1ccccc21. The van der Waals surface area contributed by atoms with Gasteiger partial charge >= 0.3 is 0 Å². The van der Waals surface area contributed by atoms with Gasteiger partial charge in [0.1, 0.15) is 0 Å². The van der Waals surface area contributed by atoms with Crippen LogP contribution in [-0.2, 0) is 0 Å². The van der Waals surface area contributed by atoms with Crippen molar-refractivity contribution in [2.75, 3.05) is 0 Å². The summed E-state index contributed by atoms with van der Waals surface area (Å²) >= 11 is 3.70.